The van der Waals surface area contributed by atoms with E-state index in [0.717, 1.165) is 6.54 Å². The molecule has 1 aromatic heterocycles. The van der Waals surface area contributed by atoms with E-state index in [-0.39, 0.29) is 6.16 Å². The number of nitrogens with zero attached hydrogens (tertiary/aromatic N) is 2. The van der Waals surface area contributed by atoms with Gasteiger partial charge in [0.1, 0.15) is 0 Å². The third kappa shape index (κ3) is 10.9. The van der Waals surface area contributed by atoms with Gasteiger partial charge in [0.25, 0.3) is 0 Å². The second-order valence-corrected chi connectivity index (χ2v) is 6.40. The summed E-state index contributed by atoms with van der Waals surface area (Å²) in [6.45, 7) is 6.98. The maximum atomic E-state index is 10.5. The van der Waals surface area contributed by atoms with Crippen LogP contribution in [0.5, 0.6) is 0 Å². The lowest BCUT2D eigenvalue weighted by Gasteiger charge is -2.05. The van der Waals surface area contributed by atoms with Crippen LogP contribution in [0.3, 0.4) is 0 Å². The molecule has 0 aliphatic rings. The predicted octanol–water partition coefficient (Wildman–Crippen LogP) is 3.69. The molecule has 0 aliphatic carbocycles. The Hall–Kier alpha value is -0.640. The molecular weight excluding hydrogens is 263 g/mol. The molecule has 0 fully saturated rings. The van der Waals surface area contributed by atoms with E-state index in [1.54, 1.807) is 13.8 Å². The largest absolute Gasteiger partial charge is 0.337 e. The van der Waals surface area contributed by atoms with Crippen LogP contribution in [0, 0.1) is 0 Å². The Labute approximate surface area is 116 Å². The van der Waals surface area contributed by atoms with Crippen molar-refractivity contribution in [2.45, 2.75) is 53.0 Å². The van der Waals surface area contributed by atoms with Crippen LogP contribution in [-0.2, 0) is 15.6 Å². The molecule has 1 atom stereocenters. The summed E-state index contributed by atoms with van der Waals surface area (Å²) < 4.78 is 17.1. The van der Waals surface area contributed by atoms with Gasteiger partial charge in [-0.25, -0.2) is 4.98 Å². The number of rotatable bonds is 8. The summed E-state index contributed by atoms with van der Waals surface area (Å²) >= 11 is 0. The summed E-state index contributed by atoms with van der Waals surface area (Å²) in [5.41, 5.74) is 0. The summed E-state index contributed by atoms with van der Waals surface area (Å²) in [6, 6.07) is 0. The highest BCUT2D eigenvalue weighted by Gasteiger charge is 2.12. The first kappa shape index (κ1) is 18.4. The smallest absolute Gasteiger partial charge is 0.327 e. The standard InChI is InChI=1S/C9H16N2.C4H11O3P/c1-2-3-4-5-7-11-8-6-10-9-11;1-3-7-8(5,6)4-2/h6,8-9H,2-5,7H2,1H3;3-4H2,1-2H3,(H,5,6). The van der Waals surface area contributed by atoms with Gasteiger partial charge in [-0.3, -0.25) is 4.57 Å². The number of aryl methyl sites for hydroxylation is 1. The van der Waals surface area contributed by atoms with Gasteiger partial charge < -0.3 is 14.0 Å². The normalized spacial score (nSPS) is 13.5. The molecule has 0 radical (unpaired) electrons. The topological polar surface area (TPSA) is 64.4 Å². The van der Waals surface area contributed by atoms with Crippen molar-refractivity contribution in [1.29, 1.82) is 0 Å². The maximum absolute atomic E-state index is 10.5. The Kier molecular flexibility index (Phi) is 10.8. The zero-order valence-corrected chi connectivity index (χ0v) is 13.2. The monoisotopic (exact) mass is 290 g/mol. The fourth-order valence-electron chi connectivity index (χ4n) is 1.43. The van der Waals surface area contributed by atoms with Crippen LogP contribution in [0.1, 0.15) is 46.5 Å². The molecular formula is C13H27N2O3P. The fourth-order valence-corrected chi connectivity index (χ4v) is 2.02. The van der Waals surface area contributed by atoms with Crippen molar-refractivity contribution in [1.82, 2.24) is 9.55 Å². The molecule has 1 heterocycles. The molecule has 19 heavy (non-hydrogen) atoms. The molecule has 5 nitrogen and oxygen atoms in total. The lowest BCUT2D eigenvalue weighted by molar-refractivity contribution is 0.275. The first-order valence-electron chi connectivity index (χ1n) is 6.97. The van der Waals surface area contributed by atoms with Crippen molar-refractivity contribution in [2.75, 3.05) is 12.8 Å². The zero-order valence-electron chi connectivity index (χ0n) is 12.3. The quantitative estimate of drug-likeness (QED) is 0.586. The van der Waals surface area contributed by atoms with E-state index in [1.165, 1.54) is 25.7 Å². The highest BCUT2D eigenvalue weighted by atomic mass is 31.2. The van der Waals surface area contributed by atoms with E-state index >= 15 is 0 Å². The van der Waals surface area contributed by atoms with Crippen LogP contribution in [0.2, 0.25) is 0 Å². The van der Waals surface area contributed by atoms with Gasteiger partial charge >= 0.3 is 7.60 Å². The van der Waals surface area contributed by atoms with Crippen LogP contribution < -0.4 is 0 Å². The second-order valence-electron chi connectivity index (χ2n) is 4.23. The molecule has 6 heteroatoms. The maximum Gasteiger partial charge on any atom is 0.327 e. The van der Waals surface area contributed by atoms with Crippen molar-refractivity contribution in [3.8, 4) is 0 Å². The van der Waals surface area contributed by atoms with Crippen LogP contribution in [0.15, 0.2) is 18.7 Å². The predicted molar refractivity (Wildman–Crippen MR) is 78.4 cm³/mol. The van der Waals surface area contributed by atoms with Crippen molar-refractivity contribution < 1.29 is 14.0 Å². The van der Waals surface area contributed by atoms with E-state index in [0.29, 0.717) is 6.61 Å². The molecule has 0 spiro atoms. The average molecular weight is 290 g/mol. The first-order valence-corrected chi connectivity index (χ1v) is 8.74. The van der Waals surface area contributed by atoms with Gasteiger partial charge in [-0.05, 0) is 13.3 Å². The van der Waals surface area contributed by atoms with Crippen LogP contribution in [0.4, 0.5) is 0 Å². The average Bonchev–Trinajstić information content (AvgIpc) is 2.89. The SMILES string of the molecule is CCCCCCn1ccnc1.CCOP(=O)(O)CC. The van der Waals surface area contributed by atoms with Gasteiger partial charge in [-0.1, -0.05) is 33.1 Å². The Balaban J connectivity index is 0.000000362. The molecule has 0 aliphatic heterocycles. The summed E-state index contributed by atoms with van der Waals surface area (Å²) in [5, 5.41) is 0. The minimum absolute atomic E-state index is 0.195. The van der Waals surface area contributed by atoms with Gasteiger partial charge in [0.2, 0.25) is 0 Å². The molecule has 1 aromatic rings. The summed E-state index contributed by atoms with van der Waals surface area (Å²) in [7, 11) is -3.17. The second kappa shape index (κ2) is 11.2. The van der Waals surface area contributed by atoms with Gasteiger partial charge in [0.05, 0.1) is 12.9 Å². The number of hydrogen-bond acceptors (Lipinski definition) is 3. The molecule has 0 aromatic carbocycles. The number of aromatic nitrogens is 2. The van der Waals surface area contributed by atoms with Crippen LogP contribution in [0.25, 0.3) is 0 Å². The Bertz CT molecular complexity index is 342. The molecule has 1 rings (SSSR count). The van der Waals surface area contributed by atoms with E-state index in [4.69, 9.17) is 4.89 Å². The van der Waals surface area contributed by atoms with E-state index in [2.05, 4.69) is 21.0 Å². The lowest BCUT2D eigenvalue weighted by atomic mass is 10.2. The Morgan fingerprint density at radius 1 is 1.26 bits per heavy atom. The number of imidazole rings is 1. The van der Waals surface area contributed by atoms with E-state index in [9.17, 15) is 4.57 Å². The molecule has 0 bridgehead atoms. The zero-order chi connectivity index (χ0) is 14.6. The number of hydrogen-bond donors (Lipinski definition) is 1. The van der Waals surface area contributed by atoms with Crippen molar-refractivity contribution in [2.24, 2.45) is 0 Å². The fraction of sp³-hybridized carbons (Fsp3) is 0.769. The molecule has 112 valence electrons. The van der Waals surface area contributed by atoms with Crippen molar-refractivity contribution in [3.05, 3.63) is 18.7 Å². The van der Waals surface area contributed by atoms with Gasteiger partial charge in [0.15, 0.2) is 0 Å². The third-order valence-electron chi connectivity index (χ3n) is 2.56. The minimum Gasteiger partial charge on any atom is -0.337 e. The summed E-state index contributed by atoms with van der Waals surface area (Å²) in [4.78, 5) is 12.6. The van der Waals surface area contributed by atoms with Crippen molar-refractivity contribution >= 4 is 7.60 Å². The Morgan fingerprint density at radius 2 is 2.00 bits per heavy atom. The van der Waals surface area contributed by atoms with Gasteiger partial charge in [0, 0.05) is 25.1 Å². The molecule has 0 amide bonds. The molecule has 1 N–H and O–H groups in total. The van der Waals surface area contributed by atoms with Crippen molar-refractivity contribution in [3.63, 3.8) is 0 Å². The Morgan fingerprint density at radius 3 is 2.42 bits per heavy atom. The molecule has 0 saturated heterocycles. The third-order valence-corrected chi connectivity index (χ3v) is 4.02. The molecule has 0 saturated carbocycles. The summed E-state index contributed by atoms with van der Waals surface area (Å²) in [5.74, 6) is 0. The van der Waals surface area contributed by atoms with E-state index in [1.807, 2.05) is 18.7 Å². The van der Waals surface area contributed by atoms with Gasteiger partial charge in [-0.2, -0.15) is 0 Å². The van der Waals surface area contributed by atoms with E-state index < -0.39 is 7.60 Å². The highest BCUT2D eigenvalue weighted by Crippen LogP contribution is 2.40. The van der Waals surface area contributed by atoms with Crippen LogP contribution >= 0.6 is 7.60 Å². The van der Waals surface area contributed by atoms with Crippen LogP contribution in [-0.4, -0.2) is 27.2 Å². The highest BCUT2D eigenvalue weighted by molar-refractivity contribution is 7.52. The van der Waals surface area contributed by atoms with Gasteiger partial charge in [-0.15, -0.1) is 0 Å². The summed E-state index contributed by atoms with van der Waals surface area (Å²) in [6.07, 6.45) is 11.2. The molecule has 1 unspecified atom stereocenters. The number of unbranched alkanes of at least 4 members (excludes halogenated alkanes) is 3. The first-order chi connectivity index (χ1) is 9.05. The lowest BCUT2D eigenvalue weighted by Crippen LogP contribution is -1.93. The minimum atomic E-state index is -3.17.